The highest BCUT2D eigenvalue weighted by Crippen LogP contribution is 2.39. The zero-order chi connectivity index (χ0) is 19.2. The van der Waals surface area contributed by atoms with E-state index in [0.717, 1.165) is 23.5 Å². The van der Waals surface area contributed by atoms with E-state index in [-0.39, 0.29) is 26.2 Å². The van der Waals surface area contributed by atoms with Gasteiger partial charge in [0.1, 0.15) is 0 Å². The Balaban J connectivity index is 1.66. The van der Waals surface area contributed by atoms with Crippen LogP contribution in [-0.2, 0) is 6.18 Å². The fourth-order valence-electron chi connectivity index (χ4n) is 2.53. The molecule has 0 radical (unpaired) electrons. The van der Waals surface area contributed by atoms with Crippen LogP contribution in [0.1, 0.15) is 15.9 Å². The van der Waals surface area contributed by atoms with Crippen molar-refractivity contribution in [1.82, 2.24) is 4.98 Å². The molecule has 3 aromatic rings. The Hall–Kier alpha value is -1.79. The number of hydrogen-bond donors (Lipinski definition) is 2. The highest BCUT2D eigenvalue weighted by molar-refractivity contribution is 14.2. The van der Waals surface area contributed by atoms with Crippen molar-refractivity contribution in [2.24, 2.45) is 3.15 Å². The van der Waals surface area contributed by atoms with E-state index in [2.05, 4.69) is 18.8 Å². The number of thiazole rings is 1. The summed E-state index contributed by atoms with van der Waals surface area (Å²) < 4.78 is 44.0. The SMILES string of the molecule is O=C(Nc1nc2ccc(C(F)(F)F)cc2s1)c1cc(Cl)cc2c1NCI=N2. The summed E-state index contributed by atoms with van der Waals surface area (Å²) in [6.07, 6.45) is -4.43. The lowest BCUT2D eigenvalue weighted by Gasteiger charge is -2.16. The second kappa shape index (κ2) is 6.99. The highest BCUT2D eigenvalue weighted by Gasteiger charge is 2.30. The van der Waals surface area contributed by atoms with E-state index < -0.39 is 17.6 Å². The molecule has 0 spiro atoms. The third kappa shape index (κ3) is 3.78. The number of rotatable bonds is 2. The summed E-state index contributed by atoms with van der Waals surface area (Å²) in [6.45, 7) is 0. The molecule has 2 aromatic carbocycles. The Kier molecular flexibility index (Phi) is 4.80. The number of amides is 1. The van der Waals surface area contributed by atoms with Gasteiger partial charge in [0, 0.05) is 26.1 Å². The third-order valence-corrected chi connectivity index (χ3v) is 6.45. The Morgan fingerprint density at radius 2 is 2.11 bits per heavy atom. The van der Waals surface area contributed by atoms with Crippen LogP contribution in [0.3, 0.4) is 0 Å². The number of carbonyl (C=O) groups is 1. The first-order valence-electron chi connectivity index (χ1n) is 7.47. The Labute approximate surface area is 170 Å². The van der Waals surface area contributed by atoms with Gasteiger partial charge >= 0.3 is 6.18 Å². The van der Waals surface area contributed by atoms with Gasteiger partial charge in [-0.15, -0.1) is 0 Å². The van der Waals surface area contributed by atoms with Gasteiger partial charge in [0.2, 0.25) is 0 Å². The highest BCUT2D eigenvalue weighted by atomic mass is 127. The van der Waals surface area contributed by atoms with Gasteiger partial charge in [-0.3, -0.25) is 10.1 Å². The Morgan fingerprint density at radius 1 is 1.30 bits per heavy atom. The number of aromatic nitrogens is 1. The predicted molar refractivity (Wildman–Crippen MR) is 109 cm³/mol. The molecule has 4 rings (SSSR count). The quantitative estimate of drug-likeness (QED) is 0.232. The summed E-state index contributed by atoms with van der Waals surface area (Å²) in [4.78, 5) is 16.9. The van der Waals surface area contributed by atoms with Gasteiger partial charge < -0.3 is 5.32 Å². The van der Waals surface area contributed by atoms with Crippen molar-refractivity contribution in [3.8, 4) is 0 Å². The average molecular weight is 525 g/mol. The molecule has 0 atom stereocenters. The van der Waals surface area contributed by atoms with Crippen LogP contribution in [0, 0.1) is 0 Å². The van der Waals surface area contributed by atoms with E-state index in [9.17, 15) is 18.0 Å². The van der Waals surface area contributed by atoms with E-state index in [1.807, 2.05) is 0 Å². The average Bonchev–Trinajstić information content (AvgIpc) is 3.01. The largest absolute Gasteiger partial charge is 0.416 e. The molecule has 0 fully saturated rings. The van der Waals surface area contributed by atoms with Gasteiger partial charge in [0.25, 0.3) is 5.91 Å². The molecule has 5 nitrogen and oxygen atoms in total. The smallest absolute Gasteiger partial charge is 0.373 e. The third-order valence-electron chi connectivity index (χ3n) is 3.72. The minimum atomic E-state index is -4.43. The van der Waals surface area contributed by atoms with Crippen LogP contribution in [0.15, 0.2) is 33.5 Å². The van der Waals surface area contributed by atoms with Crippen molar-refractivity contribution < 1.29 is 18.0 Å². The zero-order valence-corrected chi connectivity index (χ0v) is 16.9. The van der Waals surface area contributed by atoms with Crippen LogP contribution < -0.4 is 10.6 Å². The van der Waals surface area contributed by atoms with Gasteiger partial charge in [0.15, 0.2) is 5.13 Å². The van der Waals surface area contributed by atoms with Gasteiger partial charge in [-0.2, -0.15) is 13.2 Å². The zero-order valence-electron chi connectivity index (χ0n) is 13.2. The molecule has 0 saturated carbocycles. The molecule has 0 unspecified atom stereocenters. The van der Waals surface area contributed by atoms with Crippen LogP contribution >= 0.6 is 44.0 Å². The Bertz CT molecular complexity index is 1100. The van der Waals surface area contributed by atoms with Crippen LogP contribution in [0.25, 0.3) is 10.2 Å². The van der Waals surface area contributed by atoms with Crippen molar-refractivity contribution in [3.05, 3.63) is 46.5 Å². The first kappa shape index (κ1) is 18.6. The maximum atomic E-state index is 12.8. The molecule has 0 aliphatic carbocycles. The molecule has 0 saturated heterocycles. The van der Waals surface area contributed by atoms with Gasteiger partial charge in [0.05, 0.1) is 37.3 Å². The van der Waals surface area contributed by atoms with Crippen molar-refractivity contribution in [3.63, 3.8) is 0 Å². The number of fused-ring (bicyclic) bond motifs is 2. The summed E-state index contributed by atoms with van der Waals surface area (Å²) in [7, 11) is 0. The van der Waals surface area contributed by atoms with Crippen LogP contribution in [0.4, 0.5) is 29.7 Å². The first-order valence-corrected chi connectivity index (χ1v) is 11.2. The number of carbonyl (C=O) groups excluding carboxylic acids is 1. The van der Waals surface area contributed by atoms with Crippen molar-refractivity contribution in [2.45, 2.75) is 6.18 Å². The number of alkyl halides is 4. The summed E-state index contributed by atoms with van der Waals surface area (Å²) in [5.41, 5.74) is 1.19. The molecule has 140 valence electrons. The maximum absolute atomic E-state index is 12.8. The normalized spacial score (nSPS) is 13.6. The lowest BCUT2D eigenvalue weighted by atomic mass is 10.1. The fraction of sp³-hybridized carbons (Fsp3) is 0.125. The van der Waals surface area contributed by atoms with Gasteiger partial charge in [-0.25, -0.2) is 8.13 Å². The van der Waals surface area contributed by atoms with Gasteiger partial charge in [-0.1, -0.05) is 22.9 Å². The number of benzene rings is 2. The van der Waals surface area contributed by atoms with Crippen molar-refractivity contribution in [2.75, 3.05) is 15.2 Å². The summed E-state index contributed by atoms with van der Waals surface area (Å²) in [6, 6.07) is 6.49. The molecule has 1 aromatic heterocycles. The van der Waals surface area contributed by atoms with Crippen molar-refractivity contribution in [1.29, 1.82) is 0 Å². The number of halogens is 5. The topological polar surface area (TPSA) is 66.4 Å². The molecular formula is C16H9ClF3IN4OS. The molecule has 11 heteroatoms. The molecule has 0 bridgehead atoms. The summed E-state index contributed by atoms with van der Waals surface area (Å²) in [5.74, 6) is -0.452. The molecular weight excluding hydrogens is 516 g/mol. The minimum Gasteiger partial charge on any atom is -0.373 e. The first-order chi connectivity index (χ1) is 12.8. The lowest BCUT2D eigenvalue weighted by Crippen LogP contribution is -2.15. The fourth-order valence-corrected chi connectivity index (χ4v) is 5.12. The summed E-state index contributed by atoms with van der Waals surface area (Å²) >= 11 is 6.68. The molecule has 2 heterocycles. The van der Waals surface area contributed by atoms with E-state index >= 15 is 0 Å². The maximum Gasteiger partial charge on any atom is 0.416 e. The van der Waals surface area contributed by atoms with E-state index in [1.54, 1.807) is 6.07 Å². The van der Waals surface area contributed by atoms with Crippen molar-refractivity contribution >= 4 is 76.6 Å². The van der Waals surface area contributed by atoms with Crippen LogP contribution in [-0.4, -0.2) is 15.4 Å². The van der Waals surface area contributed by atoms with Gasteiger partial charge in [-0.05, 0) is 30.3 Å². The van der Waals surface area contributed by atoms with Crippen LogP contribution in [0.5, 0.6) is 0 Å². The number of anilines is 2. The second-order valence-corrected chi connectivity index (χ2v) is 8.91. The molecule has 27 heavy (non-hydrogen) atoms. The van der Waals surface area contributed by atoms with E-state index in [4.69, 9.17) is 11.6 Å². The van der Waals surface area contributed by atoms with E-state index in [1.165, 1.54) is 12.1 Å². The minimum absolute atomic E-state index is 0.211. The molecule has 1 aliphatic heterocycles. The molecule has 2 N–H and O–H groups in total. The van der Waals surface area contributed by atoms with E-state index in [0.29, 0.717) is 36.7 Å². The Morgan fingerprint density at radius 3 is 2.89 bits per heavy atom. The number of hydrogen-bond acceptors (Lipinski definition) is 5. The molecule has 1 aliphatic rings. The lowest BCUT2D eigenvalue weighted by molar-refractivity contribution is -0.137. The van der Waals surface area contributed by atoms with Crippen LogP contribution in [0.2, 0.25) is 5.02 Å². The number of nitrogens with one attached hydrogen (secondary N) is 2. The molecule has 1 amide bonds. The number of nitrogens with zero attached hydrogens (tertiary/aromatic N) is 2. The monoisotopic (exact) mass is 524 g/mol. The summed E-state index contributed by atoms with van der Waals surface area (Å²) in [5, 5.41) is 6.40. The second-order valence-electron chi connectivity index (χ2n) is 5.52. The predicted octanol–water partition coefficient (Wildman–Crippen LogP) is 6.39. The standard InChI is InChI=1S/C16H9ClF3IN4OS/c17-8-4-9(13-11(5-8)25-21-6-22-13)14(26)24-15-23-10-2-1-7(16(18,19)20)3-12(10)27-15/h1-5,22H,6H2,(H,23,24,26).